The molecule has 106 valence electrons. The Morgan fingerprint density at radius 1 is 1.37 bits per heavy atom. The van der Waals surface area contributed by atoms with Crippen LogP contribution in [0.1, 0.15) is 37.8 Å². The summed E-state index contributed by atoms with van der Waals surface area (Å²) in [7, 11) is -3.14. The molecule has 3 nitrogen and oxygen atoms in total. The van der Waals surface area contributed by atoms with Gasteiger partial charge in [0.15, 0.2) is 9.84 Å². The molecular formula is C14H20FNO2S. The first-order chi connectivity index (χ1) is 9.06. The fourth-order valence-electron chi connectivity index (χ4n) is 2.74. The normalized spacial score (nSPS) is 24.0. The lowest BCUT2D eigenvalue weighted by molar-refractivity contribution is 0.440. The van der Waals surface area contributed by atoms with E-state index in [4.69, 9.17) is 0 Å². The molecule has 1 N–H and O–H groups in total. The molecule has 1 aromatic rings. The number of hydrogen-bond acceptors (Lipinski definition) is 3. The van der Waals surface area contributed by atoms with E-state index in [0.29, 0.717) is 18.5 Å². The highest BCUT2D eigenvalue weighted by Gasteiger charge is 2.36. The second-order valence-corrected chi connectivity index (χ2v) is 7.30. The quantitative estimate of drug-likeness (QED) is 0.924. The van der Waals surface area contributed by atoms with Crippen molar-refractivity contribution in [3.63, 3.8) is 0 Å². The van der Waals surface area contributed by atoms with E-state index in [1.165, 1.54) is 6.07 Å². The summed E-state index contributed by atoms with van der Waals surface area (Å²) in [5.74, 6) is -0.122. The van der Waals surface area contributed by atoms with E-state index in [1.54, 1.807) is 18.2 Å². The predicted octanol–water partition coefficient (Wildman–Crippen LogP) is 2.44. The molecule has 0 radical (unpaired) electrons. The van der Waals surface area contributed by atoms with E-state index in [-0.39, 0.29) is 11.6 Å². The second-order valence-electron chi connectivity index (χ2n) is 4.96. The average molecular weight is 285 g/mol. The van der Waals surface area contributed by atoms with Crippen molar-refractivity contribution in [3.8, 4) is 0 Å². The van der Waals surface area contributed by atoms with Gasteiger partial charge < -0.3 is 5.32 Å². The van der Waals surface area contributed by atoms with Crippen LogP contribution in [0.15, 0.2) is 24.3 Å². The molecule has 0 spiro atoms. The van der Waals surface area contributed by atoms with Crippen LogP contribution in [0.4, 0.5) is 4.39 Å². The maximum absolute atomic E-state index is 13.9. The van der Waals surface area contributed by atoms with Crippen LogP contribution in [0.5, 0.6) is 0 Å². The van der Waals surface area contributed by atoms with Crippen LogP contribution in [0.2, 0.25) is 0 Å². The Bertz CT molecular complexity index is 530. The highest BCUT2D eigenvalue weighted by molar-refractivity contribution is 7.92. The maximum atomic E-state index is 13.9. The predicted molar refractivity (Wildman–Crippen MR) is 74.2 cm³/mol. The standard InChI is InChI=1S/C14H20FNO2S/c1-2-16-14(11-7-3-4-8-12(11)15)13-9-5-6-10-19(13,17)18/h3-4,7-8,13-14,16H,2,5-6,9-10H2,1H3. The van der Waals surface area contributed by atoms with Gasteiger partial charge in [0.25, 0.3) is 0 Å². The molecule has 2 rings (SSSR count). The van der Waals surface area contributed by atoms with Crippen molar-refractivity contribution in [3.05, 3.63) is 35.6 Å². The van der Waals surface area contributed by atoms with Gasteiger partial charge in [0.05, 0.1) is 17.0 Å². The Morgan fingerprint density at radius 2 is 2.11 bits per heavy atom. The molecule has 2 unspecified atom stereocenters. The van der Waals surface area contributed by atoms with E-state index in [1.807, 2.05) is 6.92 Å². The van der Waals surface area contributed by atoms with Crippen molar-refractivity contribution >= 4 is 9.84 Å². The number of hydrogen-bond donors (Lipinski definition) is 1. The van der Waals surface area contributed by atoms with Gasteiger partial charge in [0, 0.05) is 5.56 Å². The lowest BCUT2D eigenvalue weighted by Gasteiger charge is -2.31. The molecule has 1 fully saturated rings. The molecule has 5 heteroatoms. The summed E-state index contributed by atoms with van der Waals surface area (Å²) < 4.78 is 38.4. The number of benzene rings is 1. The first-order valence-electron chi connectivity index (χ1n) is 6.75. The average Bonchev–Trinajstić information content (AvgIpc) is 2.37. The number of nitrogens with one attached hydrogen (secondary N) is 1. The summed E-state index contributed by atoms with van der Waals surface area (Å²) in [5.41, 5.74) is 0.458. The maximum Gasteiger partial charge on any atom is 0.155 e. The summed E-state index contributed by atoms with van der Waals surface area (Å²) in [6, 6.07) is 5.98. The molecule has 1 aliphatic rings. The summed E-state index contributed by atoms with van der Waals surface area (Å²) in [5, 5.41) is 2.63. The van der Waals surface area contributed by atoms with Crippen molar-refractivity contribution in [2.45, 2.75) is 37.5 Å². The third-order valence-corrected chi connectivity index (χ3v) is 5.95. The fraction of sp³-hybridized carbons (Fsp3) is 0.571. The molecule has 0 bridgehead atoms. The van der Waals surface area contributed by atoms with Gasteiger partial charge in [0.2, 0.25) is 0 Å². The highest BCUT2D eigenvalue weighted by Crippen LogP contribution is 2.31. The Hall–Kier alpha value is -0.940. The Kier molecular flexibility index (Phi) is 4.58. The molecule has 0 saturated carbocycles. The van der Waals surface area contributed by atoms with Crippen molar-refractivity contribution in [2.75, 3.05) is 12.3 Å². The number of rotatable bonds is 4. The zero-order valence-electron chi connectivity index (χ0n) is 11.1. The van der Waals surface area contributed by atoms with Gasteiger partial charge in [-0.15, -0.1) is 0 Å². The van der Waals surface area contributed by atoms with Crippen molar-refractivity contribution in [2.24, 2.45) is 0 Å². The van der Waals surface area contributed by atoms with Crippen LogP contribution in [0, 0.1) is 5.82 Å². The minimum Gasteiger partial charge on any atom is -0.309 e. The molecule has 0 aromatic heterocycles. The van der Waals surface area contributed by atoms with Crippen molar-refractivity contribution < 1.29 is 12.8 Å². The molecule has 19 heavy (non-hydrogen) atoms. The van der Waals surface area contributed by atoms with Crippen LogP contribution in [0.25, 0.3) is 0 Å². The summed E-state index contributed by atoms with van der Waals surface area (Å²) in [6.45, 7) is 2.52. The summed E-state index contributed by atoms with van der Waals surface area (Å²) >= 11 is 0. The summed E-state index contributed by atoms with van der Waals surface area (Å²) in [6.07, 6.45) is 2.21. The zero-order valence-corrected chi connectivity index (χ0v) is 11.9. The van der Waals surface area contributed by atoms with Crippen LogP contribution in [-0.4, -0.2) is 26.0 Å². The van der Waals surface area contributed by atoms with Gasteiger partial charge in [0.1, 0.15) is 5.82 Å². The first-order valence-corrected chi connectivity index (χ1v) is 8.47. The molecule has 0 aliphatic carbocycles. The van der Waals surface area contributed by atoms with E-state index >= 15 is 0 Å². The third-order valence-electron chi connectivity index (χ3n) is 3.66. The second kappa shape index (κ2) is 6.01. The smallest absolute Gasteiger partial charge is 0.155 e. The largest absolute Gasteiger partial charge is 0.309 e. The molecule has 0 amide bonds. The minimum absolute atomic E-state index is 0.216. The van der Waals surface area contributed by atoms with Gasteiger partial charge in [-0.1, -0.05) is 31.5 Å². The molecular weight excluding hydrogens is 265 g/mol. The molecule has 1 heterocycles. The molecule has 1 saturated heterocycles. The van der Waals surface area contributed by atoms with Gasteiger partial charge >= 0.3 is 0 Å². The topological polar surface area (TPSA) is 46.2 Å². The summed E-state index contributed by atoms with van der Waals surface area (Å²) in [4.78, 5) is 0. The van der Waals surface area contributed by atoms with E-state index in [2.05, 4.69) is 5.32 Å². The van der Waals surface area contributed by atoms with E-state index < -0.39 is 21.1 Å². The van der Waals surface area contributed by atoms with Crippen molar-refractivity contribution in [1.29, 1.82) is 0 Å². The monoisotopic (exact) mass is 285 g/mol. The number of sulfone groups is 1. The zero-order chi connectivity index (χ0) is 13.9. The SMILES string of the molecule is CCNC(c1ccccc1F)C1CCCCS1(=O)=O. The van der Waals surface area contributed by atoms with Gasteiger partial charge in [-0.25, -0.2) is 12.8 Å². The van der Waals surface area contributed by atoms with Crippen LogP contribution in [-0.2, 0) is 9.84 Å². The molecule has 1 aliphatic heterocycles. The van der Waals surface area contributed by atoms with Gasteiger partial charge in [-0.05, 0) is 25.5 Å². The third kappa shape index (κ3) is 3.15. The van der Waals surface area contributed by atoms with Gasteiger partial charge in [-0.2, -0.15) is 0 Å². The molecule has 1 aromatic carbocycles. The Balaban J connectivity index is 2.37. The van der Waals surface area contributed by atoms with Crippen LogP contribution < -0.4 is 5.32 Å². The lowest BCUT2D eigenvalue weighted by Crippen LogP contribution is -2.41. The molecule has 2 atom stereocenters. The van der Waals surface area contributed by atoms with Gasteiger partial charge in [-0.3, -0.25) is 0 Å². The van der Waals surface area contributed by atoms with E-state index in [9.17, 15) is 12.8 Å². The highest BCUT2D eigenvalue weighted by atomic mass is 32.2. The Labute approximate surface area is 114 Å². The lowest BCUT2D eigenvalue weighted by atomic mass is 9.99. The van der Waals surface area contributed by atoms with Crippen molar-refractivity contribution in [1.82, 2.24) is 5.32 Å². The van der Waals surface area contributed by atoms with E-state index in [0.717, 1.165) is 12.8 Å². The number of halogens is 1. The first kappa shape index (κ1) is 14.5. The van der Waals surface area contributed by atoms with Crippen LogP contribution >= 0.6 is 0 Å². The Morgan fingerprint density at radius 3 is 2.74 bits per heavy atom. The minimum atomic E-state index is -3.14. The fourth-order valence-corrected chi connectivity index (χ4v) is 4.84. The van der Waals surface area contributed by atoms with Crippen LogP contribution in [0.3, 0.4) is 0 Å².